The second kappa shape index (κ2) is 21.3. The maximum absolute atomic E-state index is 12.2. The maximum atomic E-state index is 12.2. The number of carbonyl (C=O) groups excluding carboxylic acids is 2. The van der Waals surface area contributed by atoms with Gasteiger partial charge in [-0.1, -0.05) is 96.8 Å². The first-order valence-electron chi connectivity index (χ1n) is 14.3. The zero-order valence-corrected chi connectivity index (χ0v) is 22.7. The van der Waals surface area contributed by atoms with Crippen LogP contribution in [0.4, 0.5) is 5.69 Å². The normalized spacial score (nSPS) is 11.7. The van der Waals surface area contributed by atoms with Gasteiger partial charge in [0.2, 0.25) is 0 Å². The number of nitrogens with one attached hydrogen (secondary N) is 1. The van der Waals surface area contributed by atoms with Crippen LogP contribution in [0.5, 0.6) is 0 Å². The van der Waals surface area contributed by atoms with Gasteiger partial charge in [-0.2, -0.15) is 0 Å². The third-order valence-corrected chi connectivity index (χ3v) is 6.30. The standard InChI is InChI=1S/C30H51NO4/c1-4-6-7-8-9-10-11-12-13-14-15-16-17-18-19-24-31-28-22-20-27(21-23-28)30(33)35-26(3)25-29(32)34-5-2/h20-23,26,31H,4-19,24-25H2,1-3H3. The fraction of sp³-hybridized carbons (Fsp3) is 0.733. The van der Waals surface area contributed by atoms with E-state index < -0.39 is 12.1 Å². The molecule has 0 aliphatic heterocycles. The average Bonchev–Trinajstić information content (AvgIpc) is 2.84. The molecule has 1 rings (SSSR count). The number of rotatable bonds is 22. The van der Waals surface area contributed by atoms with Crippen LogP contribution < -0.4 is 5.32 Å². The van der Waals surface area contributed by atoms with E-state index in [1.165, 1.54) is 89.9 Å². The molecule has 0 fully saturated rings. The number of unbranched alkanes of at least 4 members (excludes halogenated alkanes) is 14. The Morgan fingerprint density at radius 1 is 0.743 bits per heavy atom. The van der Waals surface area contributed by atoms with E-state index in [-0.39, 0.29) is 12.4 Å². The molecule has 200 valence electrons. The van der Waals surface area contributed by atoms with Crippen LogP contribution in [0.3, 0.4) is 0 Å². The predicted molar refractivity (Wildman–Crippen MR) is 146 cm³/mol. The van der Waals surface area contributed by atoms with E-state index in [1.54, 1.807) is 26.0 Å². The van der Waals surface area contributed by atoms with Gasteiger partial charge >= 0.3 is 11.9 Å². The maximum Gasteiger partial charge on any atom is 0.338 e. The Labute approximate surface area is 214 Å². The van der Waals surface area contributed by atoms with E-state index in [4.69, 9.17) is 9.47 Å². The van der Waals surface area contributed by atoms with Gasteiger partial charge in [0.1, 0.15) is 6.10 Å². The smallest absolute Gasteiger partial charge is 0.338 e. The first kappa shape index (κ1) is 31.0. The highest BCUT2D eigenvalue weighted by atomic mass is 16.6. The lowest BCUT2D eigenvalue weighted by atomic mass is 10.0. The minimum Gasteiger partial charge on any atom is -0.466 e. The molecule has 1 atom stereocenters. The number of anilines is 1. The van der Waals surface area contributed by atoms with Gasteiger partial charge in [0.15, 0.2) is 0 Å². The van der Waals surface area contributed by atoms with Crippen molar-refractivity contribution in [1.29, 1.82) is 0 Å². The van der Waals surface area contributed by atoms with Crippen LogP contribution in [0.25, 0.3) is 0 Å². The van der Waals surface area contributed by atoms with Gasteiger partial charge in [-0.15, -0.1) is 0 Å². The van der Waals surface area contributed by atoms with E-state index in [2.05, 4.69) is 12.2 Å². The van der Waals surface area contributed by atoms with Crippen LogP contribution in [-0.2, 0) is 14.3 Å². The van der Waals surface area contributed by atoms with E-state index in [9.17, 15) is 9.59 Å². The number of hydrogen-bond donors (Lipinski definition) is 1. The molecule has 35 heavy (non-hydrogen) atoms. The molecule has 0 radical (unpaired) electrons. The summed E-state index contributed by atoms with van der Waals surface area (Å²) in [6, 6.07) is 7.32. The van der Waals surface area contributed by atoms with Gasteiger partial charge in [-0.05, 0) is 44.5 Å². The highest BCUT2D eigenvalue weighted by Crippen LogP contribution is 2.15. The lowest BCUT2D eigenvalue weighted by molar-refractivity contribution is -0.145. The van der Waals surface area contributed by atoms with Crippen molar-refractivity contribution in [2.75, 3.05) is 18.5 Å². The summed E-state index contributed by atoms with van der Waals surface area (Å²) < 4.78 is 10.2. The molecule has 0 aliphatic carbocycles. The van der Waals surface area contributed by atoms with Crippen molar-refractivity contribution in [3.05, 3.63) is 29.8 Å². The Morgan fingerprint density at radius 3 is 1.71 bits per heavy atom. The van der Waals surface area contributed by atoms with E-state index in [1.807, 2.05) is 12.1 Å². The summed E-state index contributed by atoms with van der Waals surface area (Å²) in [4.78, 5) is 23.7. The summed E-state index contributed by atoms with van der Waals surface area (Å²) in [5.74, 6) is -0.776. The number of carbonyl (C=O) groups is 2. The second-order valence-electron chi connectivity index (χ2n) is 9.68. The van der Waals surface area contributed by atoms with Gasteiger partial charge in [0.25, 0.3) is 0 Å². The number of hydrogen-bond acceptors (Lipinski definition) is 5. The minimum atomic E-state index is -0.510. The highest BCUT2D eigenvalue weighted by molar-refractivity contribution is 5.90. The highest BCUT2D eigenvalue weighted by Gasteiger charge is 2.16. The molecule has 5 heteroatoms. The van der Waals surface area contributed by atoms with Crippen molar-refractivity contribution >= 4 is 17.6 Å². The molecule has 0 saturated carbocycles. The fourth-order valence-corrected chi connectivity index (χ4v) is 4.20. The van der Waals surface area contributed by atoms with Crippen LogP contribution in [0.15, 0.2) is 24.3 Å². The van der Waals surface area contributed by atoms with E-state index in [0.717, 1.165) is 18.7 Å². The van der Waals surface area contributed by atoms with Crippen LogP contribution in [-0.4, -0.2) is 31.2 Å². The summed E-state index contributed by atoms with van der Waals surface area (Å²) in [6.07, 6.45) is 20.1. The lowest BCUT2D eigenvalue weighted by Crippen LogP contribution is -2.20. The molecule has 5 nitrogen and oxygen atoms in total. The molecule has 0 aromatic heterocycles. The van der Waals surface area contributed by atoms with Gasteiger partial charge in [0, 0.05) is 12.2 Å². The molecule has 0 amide bonds. The predicted octanol–water partition coefficient (Wildman–Crippen LogP) is 8.47. The summed E-state index contributed by atoms with van der Waals surface area (Å²) >= 11 is 0. The van der Waals surface area contributed by atoms with Gasteiger partial charge in [-0.25, -0.2) is 4.79 Å². The van der Waals surface area contributed by atoms with Crippen LogP contribution >= 0.6 is 0 Å². The third kappa shape index (κ3) is 17.1. The third-order valence-electron chi connectivity index (χ3n) is 6.30. The van der Waals surface area contributed by atoms with Crippen LogP contribution in [0.2, 0.25) is 0 Å². The number of benzene rings is 1. The molecule has 0 spiro atoms. The first-order valence-corrected chi connectivity index (χ1v) is 14.3. The Hall–Kier alpha value is -2.04. The van der Waals surface area contributed by atoms with Crippen molar-refractivity contribution in [1.82, 2.24) is 0 Å². The first-order chi connectivity index (χ1) is 17.1. The summed E-state index contributed by atoms with van der Waals surface area (Å²) in [7, 11) is 0. The van der Waals surface area contributed by atoms with Crippen LogP contribution in [0.1, 0.15) is 134 Å². The Balaban J connectivity index is 2.00. The fourth-order valence-electron chi connectivity index (χ4n) is 4.20. The molecule has 0 saturated heterocycles. The number of esters is 2. The molecule has 1 unspecified atom stereocenters. The largest absolute Gasteiger partial charge is 0.466 e. The topological polar surface area (TPSA) is 64.6 Å². The SMILES string of the molecule is CCCCCCCCCCCCCCCCCNc1ccc(C(=O)OC(C)CC(=O)OCC)cc1. The van der Waals surface area contributed by atoms with Gasteiger partial charge in [-0.3, -0.25) is 4.79 Å². The zero-order valence-electron chi connectivity index (χ0n) is 22.7. The molecule has 1 aromatic rings. The van der Waals surface area contributed by atoms with E-state index in [0.29, 0.717) is 12.2 Å². The molecule has 1 N–H and O–H groups in total. The Morgan fingerprint density at radius 2 is 1.23 bits per heavy atom. The minimum absolute atomic E-state index is 0.0679. The van der Waals surface area contributed by atoms with Crippen molar-refractivity contribution in [2.45, 2.75) is 130 Å². The molecular weight excluding hydrogens is 438 g/mol. The summed E-state index contributed by atoms with van der Waals surface area (Å²) in [6.45, 7) is 7.00. The van der Waals surface area contributed by atoms with Gasteiger partial charge < -0.3 is 14.8 Å². The molecule has 0 bridgehead atoms. The summed E-state index contributed by atoms with van der Waals surface area (Å²) in [5, 5.41) is 3.43. The molecular formula is C30H51NO4. The zero-order chi connectivity index (χ0) is 25.6. The Bertz CT molecular complexity index is 659. The van der Waals surface area contributed by atoms with Crippen molar-refractivity contribution in [3.8, 4) is 0 Å². The molecule has 0 heterocycles. The van der Waals surface area contributed by atoms with Crippen molar-refractivity contribution < 1.29 is 19.1 Å². The molecule has 0 aliphatic rings. The second-order valence-corrected chi connectivity index (χ2v) is 9.68. The lowest BCUT2D eigenvalue weighted by Gasteiger charge is -2.13. The van der Waals surface area contributed by atoms with E-state index >= 15 is 0 Å². The summed E-state index contributed by atoms with van der Waals surface area (Å²) in [5.41, 5.74) is 1.49. The van der Waals surface area contributed by atoms with Gasteiger partial charge in [0.05, 0.1) is 18.6 Å². The molecule has 1 aromatic carbocycles. The van der Waals surface area contributed by atoms with Crippen molar-refractivity contribution in [2.24, 2.45) is 0 Å². The van der Waals surface area contributed by atoms with Crippen LogP contribution in [0, 0.1) is 0 Å². The Kier molecular flexibility index (Phi) is 18.8. The monoisotopic (exact) mass is 489 g/mol. The quantitative estimate of drug-likeness (QED) is 0.131. The number of ether oxygens (including phenoxy) is 2. The average molecular weight is 490 g/mol. The van der Waals surface area contributed by atoms with Crippen molar-refractivity contribution in [3.63, 3.8) is 0 Å².